The summed E-state index contributed by atoms with van der Waals surface area (Å²) in [5.41, 5.74) is 4.27. The number of carbonyl (C=O) groups excluding carboxylic acids is 1. The number of carbonyl (C=O) groups is 1. The van der Waals surface area contributed by atoms with Crippen molar-refractivity contribution in [3.8, 4) is 0 Å². The van der Waals surface area contributed by atoms with Crippen LogP contribution >= 0.6 is 0 Å². The molecule has 0 bridgehead atoms. The average molecular weight is 288 g/mol. The Morgan fingerprint density at radius 1 is 1.05 bits per heavy atom. The van der Waals surface area contributed by atoms with Crippen molar-refractivity contribution < 1.29 is 4.79 Å². The lowest BCUT2D eigenvalue weighted by molar-refractivity contribution is -0.123. The van der Waals surface area contributed by atoms with Crippen LogP contribution in [0.25, 0.3) is 0 Å². The van der Waals surface area contributed by atoms with Gasteiger partial charge in [-0.2, -0.15) is 0 Å². The van der Waals surface area contributed by atoms with Crippen LogP contribution in [0.1, 0.15) is 63.3 Å². The van der Waals surface area contributed by atoms with Crippen molar-refractivity contribution in [2.75, 3.05) is 0 Å². The van der Waals surface area contributed by atoms with Crippen LogP contribution in [0.3, 0.4) is 0 Å². The Kier molecular flexibility index (Phi) is 5.40. The van der Waals surface area contributed by atoms with Gasteiger partial charge in [0.15, 0.2) is 0 Å². The molecule has 2 rings (SSSR count). The highest BCUT2D eigenvalue weighted by Crippen LogP contribution is 2.24. The minimum absolute atomic E-state index is 0.0646. The summed E-state index contributed by atoms with van der Waals surface area (Å²) in [5, 5.41) is 6.34. The number of aryl methyl sites for hydroxylation is 2. The number of hydrogen-bond donors (Lipinski definition) is 2. The number of benzene rings is 1. The molecule has 0 unspecified atom stereocenters. The first kappa shape index (κ1) is 16.0. The van der Waals surface area contributed by atoms with Gasteiger partial charge in [0.05, 0.1) is 6.04 Å². The summed E-state index contributed by atoms with van der Waals surface area (Å²) in [6.07, 6.45) is 5.02. The van der Waals surface area contributed by atoms with Crippen molar-refractivity contribution in [2.45, 2.75) is 71.5 Å². The molecule has 0 fully saturated rings. The average Bonchev–Trinajstić information content (AvgIpc) is 2.45. The molecule has 0 saturated carbocycles. The van der Waals surface area contributed by atoms with Crippen LogP contribution < -0.4 is 10.6 Å². The zero-order chi connectivity index (χ0) is 15.4. The molecule has 1 aliphatic rings. The first-order chi connectivity index (χ1) is 9.97. The van der Waals surface area contributed by atoms with Crippen molar-refractivity contribution in [3.05, 3.63) is 34.9 Å². The molecule has 3 nitrogen and oxygen atoms in total. The van der Waals surface area contributed by atoms with Crippen LogP contribution in [-0.4, -0.2) is 18.0 Å². The summed E-state index contributed by atoms with van der Waals surface area (Å²) in [5.74, 6) is 0.0646. The van der Waals surface area contributed by atoms with Gasteiger partial charge in [0.25, 0.3) is 0 Å². The van der Waals surface area contributed by atoms with Crippen molar-refractivity contribution >= 4 is 5.91 Å². The third kappa shape index (κ3) is 4.31. The van der Waals surface area contributed by atoms with E-state index in [0.29, 0.717) is 0 Å². The third-order valence-electron chi connectivity index (χ3n) is 4.20. The highest BCUT2D eigenvalue weighted by molar-refractivity contribution is 5.81. The molecule has 1 aromatic rings. The molecule has 1 amide bonds. The van der Waals surface area contributed by atoms with Crippen molar-refractivity contribution in [2.24, 2.45) is 0 Å². The molecule has 2 atom stereocenters. The summed E-state index contributed by atoms with van der Waals surface area (Å²) >= 11 is 0. The van der Waals surface area contributed by atoms with Gasteiger partial charge in [-0.1, -0.05) is 18.2 Å². The molecule has 0 heterocycles. The van der Waals surface area contributed by atoms with E-state index in [4.69, 9.17) is 0 Å². The zero-order valence-corrected chi connectivity index (χ0v) is 13.7. The van der Waals surface area contributed by atoms with E-state index in [1.165, 1.54) is 42.4 Å². The topological polar surface area (TPSA) is 41.1 Å². The fraction of sp³-hybridized carbons (Fsp3) is 0.611. The Labute approximate surface area is 128 Å². The van der Waals surface area contributed by atoms with Gasteiger partial charge in [-0.3, -0.25) is 10.1 Å². The fourth-order valence-corrected chi connectivity index (χ4v) is 2.98. The number of nitrogens with one attached hydrogen (secondary N) is 2. The van der Waals surface area contributed by atoms with E-state index in [2.05, 4.69) is 35.8 Å². The zero-order valence-electron chi connectivity index (χ0n) is 13.7. The number of amides is 1. The van der Waals surface area contributed by atoms with E-state index in [1.54, 1.807) is 0 Å². The van der Waals surface area contributed by atoms with Crippen LogP contribution in [0.5, 0.6) is 0 Å². The molecule has 0 radical (unpaired) electrons. The van der Waals surface area contributed by atoms with Crippen LogP contribution in [0.4, 0.5) is 0 Å². The van der Waals surface area contributed by atoms with Gasteiger partial charge < -0.3 is 5.32 Å². The number of rotatable bonds is 5. The van der Waals surface area contributed by atoms with Gasteiger partial charge in [0.1, 0.15) is 0 Å². The molecule has 1 aromatic carbocycles. The number of fused-ring (bicyclic) bond motifs is 1. The quantitative estimate of drug-likeness (QED) is 0.874. The molecule has 0 saturated heterocycles. The van der Waals surface area contributed by atoms with Gasteiger partial charge in [-0.25, -0.2) is 0 Å². The molecule has 0 spiro atoms. The predicted octanol–water partition coefficient (Wildman–Crippen LogP) is 3.13. The Morgan fingerprint density at radius 2 is 1.71 bits per heavy atom. The van der Waals surface area contributed by atoms with Crippen molar-refractivity contribution in [1.29, 1.82) is 0 Å². The van der Waals surface area contributed by atoms with E-state index in [9.17, 15) is 4.79 Å². The molecule has 1 aliphatic carbocycles. The van der Waals surface area contributed by atoms with E-state index in [1.807, 2.05) is 20.8 Å². The molecular formula is C18H28N2O. The van der Waals surface area contributed by atoms with Gasteiger partial charge >= 0.3 is 0 Å². The fourth-order valence-electron chi connectivity index (χ4n) is 2.98. The van der Waals surface area contributed by atoms with Crippen molar-refractivity contribution in [3.63, 3.8) is 0 Å². The van der Waals surface area contributed by atoms with E-state index in [0.717, 1.165) is 0 Å². The Hall–Kier alpha value is -1.35. The first-order valence-corrected chi connectivity index (χ1v) is 8.15. The standard InChI is InChI=1S/C18H28N2O/c1-12(2)19-18(21)14(4)20-13(3)16-10-9-15-7-5-6-8-17(15)11-16/h9-14,20H,5-8H2,1-4H3,(H,19,21)/t13-,14-/m0/s1. The first-order valence-electron chi connectivity index (χ1n) is 8.15. The highest BCUT2D eigenvalue weighted by atomic mass is 16.2. The smallest absolute Gasteiger partial charge is 0.237 e. The minimum Gasteiger partial charge on any atom is -0.353 e. The molecule has 3 heteroatoms. The number of hydrogen-bond acceptors (Lipinski definition) is 2. The van der Waals surface area contributed by atoms with Crippen molar-refractivity contribution in [1.82, 2.24) is 10.6 Å². The second-order valence-corrected chi connectivity index (χ2v) is 6.51. The van der Waals surface area contributed by atoms with Crippen LogP contribution in [0.15, 0.2) is 18.2 Å². The van der Waals surface area contributed by atoms with Gasteiger partial charge in [0.2, 0.25) is 5.91 Å². The largest absolute Gasteiger partial charge is 0.353 e. The lowest BCUT2D eigenvalue weighted by atomic mass is 9.89. The Balaban J connectivity index is 1.99. The normalized spacial score (nSPS) is 17.2. The molecule has 0 aliphatic heterocycles. The van der Waals surface area contributed by atoms with Gasteiger partial charge in [-0.15, -0.1) is 0 Å². The lowest BCUT2D eigenvalue weighted by Crippen LogP contribution is -2.45. The SMILES string of the molecule is CC(C)NC(=O)[C@H](C)N[C@@H](C)c1ccc2c(c1)CCCC2. The van der Waals surface area contributed by atoms with Crippen LogP contribution in [0.2, 0.25) is 0 Å². The lowest BCUT2D eigenvalue weighted by Gasteiger charge is -2.23. The summed E-state index contributed by atoms with van der Waals surface area (Å²) in [6.45, 7) is 8.02. The monoisotopic (exact) mass is 288 g/mol. The molecule has 21 heavy (non-hydrogen) atoms. The summed E-state index contributed by atoms with van der Waals surface area (Å²) in [6, 6.07) is 6.97. The Bertz CT molecular complexity index is 496. The highest BCUT2D eigenvalue weighted by Gasteiger charge is 2.18. The predicted molar refractivity (Wildman–Crippen MR) is 87.4 cm³/mol. The summed E-state index contributed by atoms with van der Waals surface area (Å²) in [7, 11) is 0. The molecule has 116 valence electrons. The second-order valence-electron chi connectivity index (χ2n) is 6.51. The molecular weight excluding hydrogens is 260 g/mol. The maximum Gasteiger partial charge on any atom is 0.237 e. The third-order valence-corrected chi connectivity index (χ3v) is 4.20. The second kappa shape index (κ2) is 7.08. The van der Waals surface area contributed by atoms with E-state index < -0.39 is 0 Å². The molecule has 0 aromatic heterocycles. The van der Waals surface area contributed by atoms with Crippen LogP contribution in [0, 0.1) is 0 Å². The van der Waals surface area contributed by atoms with Gasteiger partial charge in [-0.05, 0) is 70.1 Å². The van der Waals surface area contributed by atoms with E-state index >= 15 is 0 Å². The molecule has 2 N–H and O–H groups in total. The van der Waals surface area contributed by atoms with E-state index in [-0.39, 0.29) is 24.0 Å². The summed E-state index contributed by atoms with van der Waals surface area (Å²) in [4.78, 5) is 12.0. The van der Waals surface area contributed by atoms with Crippen LogP contribution in [-0.2, 0) is 17.6 Å². The Morgan fingerprint density at radius 3 is 2.38 bits per heavy atom. The minimum atomic E-state index is -0.182. The maximum atomic E-state index is 12.0. The van der Waals surface area contributed by atoms with Gasteiger partial charge in [0, 0.05) is 12.1 Å². The maximum absolute atomic E-state index is 12.0. The summed E-state index contributed by atoms with van der Waals surface area (Å²) < 4.78 is 0.